The van der Waals surface area contributed by atoms with Gasteiger partial charge in [0, 0.05) is 17.0 Å². The Balaban J connectivity index is 2.12. The minimum atomic E-state index is -0.289. The largest absolute Gasteiger partial charge is 0.422 e. The number of hydrogen-bond acceptors (Lipinski definition) is 2. The average molecular weight is 239 g/mol. The van der Waals surface area contributed by atoms with E-state index in [1.54, 1.807) is 6.07 Å². The summed E-state index contributed by atoms with van der Waals surface area (Å²) in [5, 5.41) is 0. The van der Waals surface area contributed by atoms with Gasteiger partial charge >= 0.3 is 5.97 Å². The minimum Gasteiger partial charge on any atom is -0.422 e. The monoisotopic (exact) mass is 239 g/mol. The lowest BCUT2D eigenvalue weighted by atomic mass is 10.1. The summed E-state index contributed by atoms with van der Waals surface area (Å²) in [6.07, 6.45) is 1.86. The third-order valence-corrected chi connectivity index (χ3v) is 3.08. The SMILES string of the molecule is Cc1cc(C)c(C=C2C(=O)Oc3ccccc32)[nH]1. The molecule has 0 saturated carbocycles. The van der Waals surface area contributed by atoms with E-state index in [0.717, 1.165) is 22.5 Å². The number of fused-ring (bicyclic) bond motifs is 1. The summed E-state index contributed by atoms with van der Waals surface area (Å²) in [4.78, 5) is 15.1. The first-order chi connectivity index (χ1) is 8.65. The molecule has 1 aliphatic rings. The fourth-order valence-corrected chi connectivity index (χ4v) is 2.22. The quantitative estimate of drug-likeness (QED) is 0.472. The van der Waals surface area contributed by atoms with Gasteiger partial charge in [-0.05, 0) is 37.6 Å². The maximum Gasteiger partial charge on any atom is 0.344 e. The molecule has 2 heterocycles. The van der Waals surface area contributed by atoms with E-state index in [-0.39, 0.29) is 5.97 Å². The highest BCUT2D eigenvalue weighted by molar-refractivity contribution is 6.25. The molecule has 1 aromatic carbocycles. The number of H-pyrrole nitrogens is 1. The lowest BCUT2D eigenvalue weighted by molar-refractivity contribution is -0.126. The third-order valence-electron chi connectivity index (χ3n) is 3.08. The summed E-state index contributed by atoms with van der Waals surface area (Å²) in [5.74, 6) is 0.345. The molecule has 0 atom stereocenters. The molecule has 1 aliphatic heterocycles. The summed E-state index contributed by atoms with van der Waals surface area (Å²) < 4.78 is 5.22. The standard InChI is InChI=1S/C15H13NO2/c1-9-7-10(2)16-13(9)8-12-11-5-3-4-6-14(11)18-15(12)17/h3-8,16H,1-2H3. The number of aryl methyl sites for hydroxylation is 2. The molecule has 0 fully saturated rings. The van der Waals surface area contributed by atoms with Crippen molar-refractivity contribution >= 4 is 17.6 Å². The van der Waals surface area contributed by atoms with Crippen LogP contribution in [-0.2, 0) is 4.79 Å². The van der Waals surface area contributed by atoms with Crippen molar-refractivity contribution in [1.82, 2.24) is 4.98 Å². The van der Waals surface area contributed by atoms with E-state index in [2.05, 4.69) is 11.1 Å². The Kier molecular flexibility index (Phi) is 2.33. The number of aromatic nitrogens is 1. The molecule has 0 unspecified atom stereocenters. The molecular formula is C15H13NO2. The second kappa shape index (κ2) is 3.88. The Bertz CT molecular complexity index is 665. The molecule has 3 heteroatoms. The smallest absolute Gasteiger partial charge is 0.344 e. The van der Waals surface area contributed by atoms with Crippen LogP contribution in [0.4, 0.5) is 0 Å². The highest BCUT2D eigenvalue weighted by Gasteiger charge is 2.26. The number of esters is 1. The summed E-state index contributed by atoms with van der Waals surface area (Å²) in [6.45, 7) is 4.01. The van der Waals surface area contributed by atoms with Crippen molar-refractivity contribution in [2.24, 2.45) is 0 Å². The van der Waals surface area contributed by atoms with Crippen LogP contribution in [0.2, 0.25) is 0 Å². The number of rotatable bonds is 1. The van der Waals surface area contributed by atoms with Crippen molar-refractivity contribution in [3.8, 4) is 5.75 Å². The first-order valence-electron chi connectivity index (χ1n) is 5.84. The Morgan fingerprint density at radius 1 is 1.22 bits per heavy atom. The van der Waals surface area contributed by atoms with Crippen molar-refractivity contribution < 1.29 is 9.53 Å². The fraction of sp³-hybridized carbons (Fsp3) is 0.133. The predicted molar refractivity (Wildman–Crippen MR) is 70.2 cm³/mol. The van der Waals surface area contributed by atoms with Gasteiger partial charge in [0.25, 0.3) is 0 Å². The molecule has 0 radical (unpaired) electrons. The van der Waals surface area contributed by atoms with Gasteiger partial charge in [-0.3, -0.25) is 0 Å². The number of carbonyl (C=O) groups excluding carboxylic acids is 1. The second-order valence-electron chi connectivity index (χ2n) is 4.49. The zero-order valence-electron chi connectivity index (χ0n) is 10.3. The second-order valence-corrected chi connectivity index (χ2v) is 4.49. The van der Waals surface area contributed by atoms with Gasteiger partial charge in [0.1, 0.15) is 5.75 Å². The van der Waals surface area contributed by atoms with Crippen LogP contribution in [0.25, 0.3) is 11.6 Å². The van der Waals surface area contributed by atoms with Crippen LogP contribution in [0, 0.1) is 13.8 Å². The van der Waals surface area contributed by atoms with Crippen LogP contribution in [0.5, 0.6) is 5.75 Å². The molecule has 90 valence electrons. The Labute approximate surface area is 105 Å². The molecule has 18 heavy (non-hydrogen) atoms. The van der Waals surface area contributed by atoms with Crippen LogP contribution in [0.3, 0.4) is 0 Å². The van der Waals surface area contributed by atoms with Crippen molar-refractivity contribution in [3.05, 3.63) is 52.8 Å². The number of nitrogens with one attached hydrogen (secondary N) is 1. The van der Waals surface area contributed by atoms with Crippen molar-refractivity contribution in [2.45, 2.75) is 13.8 Å². The summed E-state index contributed by atoms with van der Waals surface area (Å²) in [6, 6.07) is 9.53. The number of aromatic amines is 1. The average Bonchev–Trinajstić information content (AvgIpc) is 2.81. The van der Waals surface area contributed by atoms with E-state index >= 15 is 0 Å². The molecule has 2 aromatic rings. The maximum absolute atomic E-state index is 11.8. The Morgan fingerprint density at radius 2 is 2.00 bits per heavy atom. The zero-order chi connectivity index (χ0) is 12.7. The predicted octanol–water partition coefficient (Wildman–Crippen LogP) is 3.09. The molecule has 0 amide bonds. The minimum absolute atomic E-state index is 0.289. The summed E-state index contributed by atoms with van der Waals surface area (Å²) in [7, 11) is 0. The van der Waals surface area contributed by atoms with Crippen LogP contribution < -0.4 is 4.74 Å². The van der Waals surface area contributed by atoms with Crippen molar-refractivity contribution in [3.63, 3.8) is 0 Å². The van der Waals surface area contributed by atoms with E-state index in [1.807, 2.05) is 38.1 Å². The van der Waals surface area contributed by atoms with E-state index in [1.165, 1.54) is 0 Å². The van der Waals surface area contributed by atoms with E-state index in [4.69, 9.17) is 4.74 Å². The molecule has 0 saturated heterocycles. The number of hydrogen-bond donors (Lipinski definition) is 1. The molecule has 3 nitrogen and oxygen atoms in total. The van der Waals surface area contributed by atoms with Gasteiger partial charge in [-0.25, -0.2) is 4.79 Å². The molecule has 1 aromatic heterocycles. The van der Waals surface area contributed by atoms with E-state index in [9.17, 15) is 4.79 Å². The van der Waals surface area contributed by atoms with Gasteiger partial charge in [-0.1, -0.05) is 18.2 Å². The summed E-state index contributed by atoms with van der Waals surface area (Å²) in [5.41, 5.74) is 4.62. The first kappa shape index (κ1) is 10.8. The molecular weight excluding hydrogens is 226 g/mol. The lowest BCUT2D eigenvalue weighted by Gasteiger charge is -1.96. The number of ether oxygens (including phenoxy) is 1. The molecule has 0 bridgehead atoms. The normalized spacial score (nSPS) is 15.9. The van der Waals surface area contributed by atoms with E-state index in [0.29, 0.717) is 11.3 Å². The lowest BCUT2D eigenvalue weighted by Crippen LogP contribution is -2.00. The van der Waals surface area contributed by atoms with Gasteiger partial charge in [0.2, 0.25) is 0 Å². The van der Waals surface area contributed by atoms with Gasteiger partial charge in [-0.15, -0.1) is 0 Å². The maximum atomic E-state index is 11.8. The zero-order valence-corrected chi connectivity index (χ0v) is 10.3. The van der Waals surface area contributed by atoms with Gasteiger partial charge in [0.15, 0.2) is 0 Å². The molecule has 3 rings (SSSR count). The molecule has 0 aliphatic carbocycles. The van der Waals surface area contributed by atoms with Gasteiger partial charge < -0.3 is 9.72 Å². The van der Waals surface area contributed by atoms with Gasteiger partial charge in [-0.2, -0.15) is 0 Å². The third kappa shape index (κ3) is 1.64. The number of para-hydroxylation sites is 1. The first-order valence-corrected chi connectivity index (χ1v) is 5.84. The highest BCUT2D eigenvalue weighted by Crippen LogP contribution is 2.35. The van der Waals surface area contributed by atoms with Crippen molar-refractivity contribution in [2.75, 3.05) is 0 Å². The summed E-state index contributed by atoms with van der Waals surface area (Å²) >= 11 is 0. The van der Waals surface area contributed by atoms with Crippen molar-refractivity contribution in [1.29, 1.82) is 0 Å². The van der Waals surface area contributed by atoms with Gasteiger partial charge in [0.05, 0.1) is 5.57 Å². The van der Waals surface area contributed by atoms with Crippen LogP contribution in [-0.4, -0.2) is 11.0 Å². The van der Waals surface area contributed by atoms with Crippen LogP contribution in [0.15, 0.2) is 30.3 Å². The van der Waals surface area contributed by atoms with E-state index < -0.39 is 0 Å². The molecule has 1 N–H and O–H groups in total. The number of carbonyl (C=O) groups is 1. The van der Waals surface area contributed by atoms with Crippen LogP contribution in [0.1, 0.15) is 22.5 Å². The molecule has 0 spiro atoms. The van der Waals surface area contributed by atoms with Crippen LogP contribution >= 0.6 is 0 Å². The fourth-order valence-electron chi connectivity index (χ4n) is 2.22. The number of benzene rings is 1. The highest BCUT2D eigenvalue weighted by atomic mass is 16.5. The topological polar surface area (TPSA) is 42.1 Å². The Hall–Kier alpha value is -2.29. The Morgan fingerprint density at radius 3 is 2.72 bits per heavy atom.